The molecule has 8 N–H and O–H groups in total. The van der Waals surface area contributed by atoms with Gasteiger partial charge in [-0.05, 0) is 19.8 Å². The SMILES string of the molecule is CC.CCC(C)=O.NNC(CCC(=O)NC(CCC(=O)NCC(=O)O)C(=O)O)C(=O)O. The van der Waals surface area contributed by atoms with Gasteiger partial charge in [0, 0.05) is 19.3 Å². The summed E-state index contributed by atoms with van der Waals surface area (Å²) in [7, 11) is 0. The van der Waals surface area contributed by atoms with Gasteiger partial charge in [0.25, 0.3) is 0 Å². The predicted molar refractivity (Wildman–Crippen MR) is 110 cm³/mol. The van der Waals surface area contributed by atoms with Crippen LogP contribution in [0.3, 0.4) is 0 Å². The number of aliphatic carboxylic acids is 3. The van der Waals surface area contributed by atoms with Gasteiger partial charge in [0.05, 0.1) is 0 Å². The quantitative estimate of drug-likeness (QED) is 0.136. The number of carbonyl (C=O) groups excluding carboxylic acids is 3. The smallest absolute Gasteiger partial charge is 0.326 e. The Labute approximate surface area is 180 Å². The average molecular weight is 450 g/mol. The molecule has 0 bridgehead atoms. The molecule has 0 aliphatic rings. The van der Waals surface area contributed by atoms with Crippen LogP contribution in [0.1, 0.15) is 59.8 Å². The number of carboxylic acid groups (broad SMARTS) is 3. The topological polar surface area (TPSA) is 225 Å². The van der Waals surface area contributed by atoms with E-state index in [1.807, 2.05) is 26.2 Å². The summed E-state index contributed by atoms with van der Waals surface area (Å²) < 4.78 is 0. The van der Waals surface area contributed by atoms with Gasteiger partial charge in [-0.2, -0.15) is 0 Å². The fourth-order valence-corrected chi connectivity index (χ4v) is 1.62. The number of ketones is 1. The van der Waals surface area contributed by atoms with Crippen molar-refractivity contribution in [3.63, 3.8) is 0 Å². The number of rotatable bonds is 13. The molecule has 13 heteroatoms. The highest BCUT2D eigenvalue weighted by atomic mass is 16.4. The zero-order valence-electron chi connectivity index (χ0n) is 18.3. The summed E-state index contributed by atoms with van der Waals surface area (Å²) in [6, 6.07) is -2.51. The Morgan fingerprint density at radius 2 is 1.26 bits per heavy atom. The molecule has 0 aromatic rings. The Kier molecular flexibility index (Phi) is 21.3. The van der Waals surface area contributed by atoms with Crippen LogP contribution >= 0.6 is 0 Å². The first-order valence-corrected chi connectivity index (χ1v) is 9.63. The Morgan fingerprint density at radius 1 is 0.839 bits per heavy atom. The molecule has 0 aromatic carbocycles. The van der Waals surface area contributed by atoms with Crippen LogP contribution in [0.2, 0.25) is 0 Å². The van der Waals surface area contributed by atoms with Crippen LogP contribution < -0.4 is 21.9 Å². The molecule has 0 heterocycles. The maximum atomic E-state index is 11.6. The molecule has 2 unspecified atom stereocenters. The number of hydrogen-bond acceptors (Lipinski definition) is 8. The van der Waals surface area contributed by atoms with E-state index in [4.69, 9.17) is 21.2 Å². The average Bonchev–Trinajstić information content (AvgIpc) is 2.71. The van der Waals surface area contributed by atoms with Gasteiger partial charge in [0.15, 0.2) is 0 Å². The Bertz CT molecular complexity index is 597. The van der Waals surface area contributed by atoms with Crippen LogP contribution in [0, 0.1) is 0 Å². The minimum Gasteiger partial charge on any atom is -0.480 e. The van der Waals surface area contributed by atoms with E-state index in [0.717, 1.165) is 0 Å². The lowest BCUT2D eigenvalue weighted by Gasteiger charge is -2.15. The van der Waals surface area contributed by atoms with Gasteiger partial charge in [-0.3, -0.25) is 25.0 Å². The highest BCUT2D eigenvalue weighted by Crippen LogP contribution is 2.02. The number of carboxylic acids is 3. The zero-order chi connectivity index (χ0) is 25.0. The molecule has 31 heavy (non-hydrogen) atoms. The zero-order valence-corrected chi connectivity index (χ0v) is 18.3. The summed E-state index contributed by atoms with van der Waals surface area (Å²) >= 11 is 0. The van der Waals surface area contributed by atoms with Gasteiger partial charge < -0.3 is 30.7 Å². The van der Waals surface area contributed by atoms with E-state index in [2.05, 4.69) is 10.6 Å². The van der Waals surface area contributed by atoms with Crippen LogP contribution in [-0.2, 0) is 28.8 Å². The van der Waals surface area contributed by atoms with Gasteiger partial charge >= 0.3 is 17.9 Å². The highest BCUT2D eigenvalue weighted by molar-refractivity contribution is 5.85. The van der Waals surface area contributed by atoms with Crippen molar-refractivity contribution in [1.29, 1.82) is 0 Å². The highest BCUT2D eigenvalue weighted by Gasteiger charge is 2.23. The van der Waals surface area contributed by atoms with Crippen molar-refractivity contribution in [2.24, 2.45) is 5.84 Å². The van der Waals surface area contributed by atoms with E-state index in [0.29, 0.717) is 6.42 Å². The Balaban J connectivity index is -0.000000973. The van der Waals surface area contributed by atoms with Crippen molar-refractivity contribution in [3.05, 3.63) is 0 Å². The molecule has 13 nitrogen and oxygen atoms in total. The van der Waals surface area contributed by atoms with Crippen molar-refractivity contribution >= 4 is 35.5 Å². The largest absolute Gasteiger partial charge is 0.480 e. The van der Waals surface area contributed by atoms with Crippen molar-refractivity contribution in [2.45, 2.75) is 71.9 Å². The molecule has 2 amide bonds. The second kappa shape index (κ2) is 20.2. The van der Waals surface area contributed by atoms with Crippen LogP contribution in [0.25, 0.3) is 0 Å². The van der Waals surface area contributed by atoms with Gasteiger partial charge in [-0.25, -0.2) is 10.2 Å². The van der Waals surface area contributed by atoms with Crippen molar-refractivity contribution in [3.8, 4) is 0 Å². The molecular formula is C18H34N4O9. The summed E-state index contributed by atoms with van der Waals surface area (Å²) in [5, 5.41) is 30.3. The predicted octanol–water partition coefficient (Wildman–Crippen LogP) is -0.755. The monoisotopic (exact) mass is 450 g/mol. The molecule has 0 aliphatic carbocycles. The van der Waals surface area contributed by atoms with Crippen LogP contribution in [0.5, 0.6) is 0 Å². The number of nitrogens with one attached hydrogen (secondary N) is 3. The summed E-state index contributed by atoms with van der Waals surface area (Å²) in [5.41, 5.74) is 2.00. The maximum absolute atomic E-state index is 11.6. The third-order valence-electron chi connectivity index (χ3n) is 3.39. The first-order valence-electron chi connectivity index (χ1n) is 9.63. The number of amides is 2. The van der Waals surface area contributed by atoms with E-state index in [-0.39, 0.29) is 31.5 Å². The molecular weight excluding hydrogens is 416 g/mol. The first kappa shape index (κ1) is 32.6. The van der Waals surface area contributed by atoms with Crippen LogP contribution in [0.15, 0.2) is 0 Å². The molecule has 0 fully saturated rings. The van der Waals surface area contributed by atoms with Gasteiger partial charge in [0.2, 0.25) is 11.8 Å². The summed E-state index contributed by atoms with van der Waals surface area (Å²) in [4.78, 5) is 64.8. The number of carbonyl (C=O) groups is 6. The maximum Gasteiger partial charge on any atom is 0.326 e. The summed E-state index contributed by atoms with van der Waals surface area (Å²) in [5.74, 6) is -0.00250. The van der Waals surface area contributed by atoms with E-state index in [1.54, 1.807) is 6.92 Å². The lowest BCUT2D eigenvalue weighted by Crippen LogP contribution is -2.44. The van der Waals surface area contributed by atoms with Crippen molar-refractivity contribution in [2.75, 3.05) is 6.54 Å². The summed E-state index contributed by atoms with van der Waals surface area (Å²) in [6.07, 6.45) is -0.310. The van der Waals surface area contributed by atoms with Crippen LogP contribution in [-0.4, -0.2) is 69.5 Å². The number of nitrogens with two attached hydrogens (primary N) is 1. The minimum atomic E-state index is -1.37. The fraction of sp³-hybridized carbons (Fsp3) is 0.667. The van der Waals surface area contributed by atoms with Gasteiger partial charge in [-0.1, -0.05) is 20.8 Å². The van der Waals surface area contributed by atoms with Gasteiger partial charge in [0.1, 0.15) is 24.4 Å². The molecule has 0 radical (unpaired) electrons. The lowest BCUT2D eigenvalue weighted by atomic mass is 10.1. The van der Waals surface area contributed by atoms with Crippen LogP contribution in [0.4, 0.5) is 0 Å². The second-order valence-corrected chi connectivity index (χ2v) is 5.82. The number of hydrazine groups is 1. The number of hydrogen-bond donors (Lipinski definition) is 7. The molecule has 0 rings (SSSR count). The van der Waals surface area contributed by atoms with E-state index in [1.165, 1.54) is 0 Å². The molecule has 180 valence electrons. The molecule has 0 saturated heterocycles. The fourth-order valence-electron chi connectivity index (χ4n) is 1.62. The lowest BCUT2D eigenvalue weighted by molar-refractivity contribution is -0.143. The third kappa shape index (κ3) is 21.5. The number of Topliss-reactive ketones (excluding diaryl/α,β-unsaturated/α-hetero) is 1. The normalized spacial score (nSPS) is 11.3. The molecule has 2 atom stereocenters. The van der Waals surface area contributed by atoms with Crippen molar-refractivity contribution < 1.29 is 44.1 Å². The second-order valence-electron chi connectivity index (χ2n) is 5.82. The Hall–Kier alpha value is -3.06. The minimum absolute atomic E-state index is 0.150. The summed E-state index contributed by atoms with van der Waals surface area (Å²) in [6.45, 7) is 6.84. The van der Waals surface area contributed by atoms with Crippen molar-refractivity contribution in [1.82, 2.24) is 16.1 Å². The Morgan fingerprint density at radius 3 is 1.61 bits per heavy atom. The molecule has 0 saturated carbocycles. The molecule has 0 spiro atoms. The standard InChI is InChI=1S/C12H20N4O8.C4H8O.C2H6/c13-16-7(12(23)24)2-4-9(18)15-6(11(21)22)1-3-8(17)14-5-10(19)20;1-3-4(2)5;1-2/h6-7,16H,1-5,13H2,(H,14,17)(H,15,18)(H,19,20)(H,21,22)(H,23,24);3H2,1-2H3;1-2H3. The van der Waals surface area contributed by atoms with E-state index in [9.17, 15) is 28.8 Å². The first-order chi connectivity index (χ1) is 14.4. The molecule has 0 aliphatic heterocycles. The van der Waals surface area contributed by atoms with E-state index < -0.39 is 48.4 Å². The van der Waals surface area contributed by atoms with E-state index >= 15 is 0 Å². The third-order valence-corrected chi connectivity index (χ3v) is 3.39. The molecule has 0 aromatic heterocycles. The van der Waals surface area contributed by atoms with Gasteiger partial charge in [-0.15, -0.1) is 0 Å².